The van der Waals surface area contributed by atoms with Crippen LogP contribution in [0.5, 0.6) is 0 Å². The number of carbonyl (C=O) groups is 2. The first-order valence-corrected chi connectivity index (χ1v) is 7.67. The molecular formula is C16H21N3O2. The monoisotopic (exact) mass is 287 g/mol. The standard InChI is InChI=1S/C16H21N3O2/c20-15(19-13-4-5-13)2-1-8-18-16(21)12-3-6-14-11(10-12)7-9-17-14/h3,6,10,13,17H,1-2,4-5,7-9H2,(H,18,21)(H,19,20). The molecule has 1 saturated carbocycles. The molecule has 1 aromatic rings. The lowest BCUT2D eigenvalue weighted by atomic mass is 10.1. The van der Waals surface area contributed by atoms with Gasteiger partial charge in [-0.1, -0.05) is 0 Å². The predicted molar refractivity (Wildman–Crippen MR) is 81.4 cm³/mol. The zero-order valence-corrected chi connectivity index (χ0v) is 12.1. The normalized spacial score (nSPS) is 16.0. The Kier molecular flexibility index (Phi) is 4.08. The number of nitrogens with one attached hydrogen (secondary N) is 3. The van der Waals surface area contributed by atoms with Gasteiger partial charge < -0.3 is 16.0 Å². The van der Waals surface area contributed by atoms with Gasteiger partial charge >= 0.3 is 0 Å². The van der Waals surface area contributed by atoms with Crippen LogP contribution in [0.1, 0.15) is 41.6 Å². The smallest absolute Gasteiger partial charge is 0.251 e. The van der Waals surface area contributed by atoms with Gasteiger partial charge in [0.05, 0.1) is 0 Å². The molecule has 2 aliphatic rings. The Morgan fingerprint density at radius 3 is 2.95 bits per heavy atom. The molecular weight excluding hydrogens is 266 g/mol. The van der Waals surface area contributed by atoms with Crippen LogP contribution in [-0.2, 0) is 11.2 Å². The van der Waals surface area contributed by atoms with Gasteiger partial charge in [-0.25, -0.2) is 0 Å². The van der Waals surface area contributed by atoms with Crippen molar-refractivity contribution < 1.29 is 9.59 Å². The second kappa shape index (κ2) is 6.16. The van der Waals surface area contributed by atoms with E-state index in [-0.39, 0.29) is 11.8 Å². The van der Waals surface area contributed by atoms with E-state index >= 15 is 0 Å². The van der Waals surface area contributed by atoms with Crippen molar-refractivity contribution in [2.75, 3.05) is 18.4 Å². The average Bonchev–Trinajstić information content (AvgIpc) is 3.16. The largest absolute Gasteiger partial charge is 0.384 e. The number of amides is 2. The molecule has 112 valence electrons. The fraction of sp³-hybridized carbons (Fsp3) is 0.500. The third-order valence-corrected chi connectivity index (χ3v) is 3.89. The number of carbonyl (C=O) groups excluding carboxylic acids is 2. The van der Waals surface area contributed by atoms with Crippen molar-refractivity contribution in [3.8, 4) is 0 Å². The van der Waals surface area contributed by atoms with Gasteiger partial charge in [0.25, 0.3) is 5.91 Å². The van der Waals surface area contributed by atoms with E-state index in [2.05, 4.69) is 16.0 Å². The van der Waals surface area contributed by atoms with Crippen LogP contribution in [-0.4, -0.2) is 30.9 Å². The van der Waals surface area contributed by atoms with Gasteiger partial charge in [-0.15, -0.1) is 0 Å². The molecule has 1 heterocycles. The summed E-state index contributed by atoms with van der Waals surface area (Å²) in [6, 6.07) is 6.16. The first kappa shape index (κ1) is 13.9. The van der Waals surface area contributed by atoms with Gasteiger partial charge in [-0.05, 0) is 49.4 Å². The van der Waals surface area contributed by atoms with Crippen molar-refractivity contribution in [1.82, 2.24) is 10.6 Å². The quantitative estimate of drug-likeness (QED) is 0.693. The molecule has 5 heteroatoms. The molecule has 1 aromatic carbocycles. The predicted octanol–water partition coefficient (Wildman–Crippen LogP) is 1.44. The van der Waals surface area contributed by atoms with Gasteiger partial charge in [0.1, 0.15) is 0 Å². The summed E-state index contributed by atoms with van der Waals surface area (Å²) in [5, 5.41) is 9.09. The Balaban J connectivity index is 1.40. The number of benzene rings is 1. The molecule has 0 radical (unpaired) electrons. The third kappa shape index (κ3) is 3.74. The fourth-order valence-corrected chi connectivity index (χ4v) is 2.53. The first-order chi connectivity index (χ1) is 10.2. The lowest BCUT2D eigenvalue weighted by Crippen LogP contribution is -2.28. The maximum Gasteiger partial charge on any atom is 0.251 e. The molecule has 2 amide bonds. The van der Waals surface area contributed by atoms with Crippen LogP contribution in [0.25, 0.3) is 0 Å². The van der Waals surface area contributed by atoms with Crippen molar-refractivity contribution in [3.05, 3.63) is 29.3 Å². The summed E-state index contributed by atoms with van der Waals surface area (Å²) < 4.78 is 0. The second-order valence-electron chi connectivity index (χ2n) is 5.75. The zero-order chi connectivity index (χ0) is 14.7. The second-order valence-corrected chi connectivity index (χ2v) is 5.75. The van der Waals surface area contributed by atoms with Gasteiger partial charge in [0.2, 0.25) is 5.91 Å². The number of rotatable bonds is 6. The molecule has 0 spiro atoms. The van der Waals surface area contributed by atoms with Crippen LogP contribution in [0, 0.1) is 0 Å². The third-order valence-electron chi connectivity index (χ3n) is 3.89. The van der Waals surface area contributed by atoms with E-state index in [0.29, 0.717) is 31.0 Å². The molecule has 0 saturated heterocycles. The summed E-state index contributed by atoms with van der Waals surface area (Å²) in [5.74, 6) is 0.0302. The SMILES string of the molecule is O=C(CCCNC(=O)c1ccc2c(c1)CCN2)NC1CC1. The molecule has 5 nitrogen and oxygen atoms in total. The number of anilines is 1. The van der Waals surface area contributed by atoms with E-state index in [1.54, 1.807) is 0 Å². The topological polar surface area (TPSA) is 70.2 Å². The molecule has 1 aliphatic heterocycles. The number of fused-ring (bicyclic) bond motifs is 1. The van der Waals surface area contributed by atoms with E-state index in [0.717, 1.165) is 31.5 Å². The summed E-state index contributed by atoms with van der Waals surface area (Å²) in [4.78, 5) is 23.6. The van der Waals surface area contributed by atoms with Crippen LogP contribution in [0.3, 0.4) is 0 Å². The van der Waals surface area contributed by atoms with Crippen LogP contribution >= 0.6 is 0 Å². The van der Waals surface area contributed by atoms with Crippen molar-refractivity contribution in [3.63, 3.8) is 0 Å². The van der Waals surface area contributed by atoms with Gasteiger partial charge in [-0.3, -0.25) is 9.59 Å². The molecule has 0 aromatic heterocycles. The Morgan fingerprint density at radius 2 is 2.14 bits per heavy atom. The zero-order valence-electron chi connectivity index (χ0n) is 12.1. The van der Waals surface area contributed by atoms with E-state index in [1.165, 1.54) is 5.56 Å². The highest BCUT2D eigenvalue weighted by atomic mass is 16.2. The highest BCUT2D eigenvalue weighted by Gasteiger charge is 2.22. The van der Waals surface area contributed by atoms with E-state index < -0.39 is 0 Å². The Hall–Kier alpha value is -2.04. The van der Waals surface area contributed by atoms with Crippen LogP contribution in [0.15, 0.2) is 18.2 Å². The van der Waals surface area contributed by atoms with Crippen LogP contribution in [0.4, 0.5) is 5.69 Å². The number of hydrogen-bond donors (Lipinski definition) is 3. The van der Waals surface area contributed by atoms with Crippen molar-refractivity contribution in [1.29, 1.82) is 0 Å². The fourth-order valence-electron chi connectivity index (χ4n) is 2.53. The van der Waals surface area contributed by atoms with Crippen LogP contribution in [0.2, 0.25) is 0 Å². The lowest BCUT2D eigenvalue weighted by molar-refractivity contribution is -0.121. The minimum absolute atomic E-state index is 0.0627. The van der Waals surface area contributed by atoms with Crippen molar-refractivity contribution in [2.24, 2.45) is 0 Å². The van der Waals surface area contributed by atoms with Crippen molar-refractivity contribution in [2.45, 2.75) is 38.1 Å². The minimum atomic E-state index is -0.0627. The highest BCUT2D eigenvalue weighted by molar-refractivity contribution is 5.95. The molecule has 3 rings (SSSR count). The Bertz CT molecular complexity index is 552. The van der Waals surface area contributed by atoms with E-state index in [9.17, 15) is 9.59 Å². The number of hydrogen-bond acceptors (Lipinski definition) is 3. The van der Waals surface area contributed by atoms with Gasteiger partial charge in [0, 0.05) is 36.8 Å². The summed E-state index contributed by atoms with van der Waals surface area (Å²) in [6.45, 7) is 1.47. The lowest BCUT2D eigenvalue weighted by Gasteiger charge is -2.07. The minimum Gasteiger partial charge on any atom is -0.384 e. The van der Waals surface area contributed by atoms with E-state index in [1.807, 2.05) is 18.2 Å². The maximum absolute atomic E-state index is 12.0. The molecule has 3 N–H and O–H groups in total. The molecule has 0 unspecified atom stereocenters. The Morgan fingerprint density at radius 1 is 1.29 bits per heavy atom. The molecule has 0 bridgehead atoms. The average molecular weight is 287 g/mol. The maximum atomic E-state index is 12.0. The van der Waals surface area contributed by atoms with E-state index in [4.69, 9.17) is 0 Å². The highest BCUT2D eigenvalue weighted by Crippen LogP contribution is 2.22. The summed E-state index contributed by atoms with van der Waals surface area (Å²) in [7, 11) is 0. The van der Waals surface area contributed by atoms with Crippen LogP contribution < -0.4 is 16.0 Å². The molecule has 21 heavy (non-hydrogen) atoms. The summed E-state index contributed by atoms with van der Waals surface area (Å²) in [6.07, 6.45) is 4.34. The molecule has 1 fully saturated rings. The first-order valence-electron chi connectivity index (χ1n) is 7.67. The summed E-state index contributed by atoms with van der Waals surface area (Å²) >= 11 is 0. The summed E-state index contributed by atoms with van der Waals surface area (Å²) in [5.41, 5.74) is 3.02. The molecule has 1 aliphatic carbocycles. The van der Waals surface area contributed by atoms with Crippen molar-refractivity contribution >= 4 is 17.5 Å². The van der Waals surface area contributed by atoms with Gasteiger partial charge in [-0.2, -0.15) is 0 Å². The Labute approximate surface area is 124 Å². The van der Waals surface area contributed by atoms with Gasteiger partial charge in [0.15, 0.2) is 0 Å². The molecule has 0 atom stereocenters.